The van der Waals surface area contributed by atoms with E-state index in [1.54, 1.807) is 31.0 Å². The maximum atomic E-state index is 12.9. The first kappa shape index (κ1) is 20.2. The van der Waals surface area contributed by atoms with E-state index in [0.29, 0.717) is 47.0 Å². The highest BCUT2D eigenvalue weighted by Gasteiger charge is 2.16. The molecule has 0 radical (unpaired) electrons. The zero-order valence-corrected chi connectivity index (χ0v) is 17.2. The first-order valence-electron chi connectivity index (χ1n) is 8.68. The number of rotatable bonds is 8. The minimum Gasteiger partial charge on any atom is -0.492 e. The summed E-state index contributed by atoms with van der Waals surface area (Å²) in [5, 5.41) is 4.40. The van der Waals surface area contributed by atoms with Gasteiger partial charge in [-0.1, -0.05) is 35.0 Å². The molecule has 1 amide bonds. The maximum absolute atomic E-state index is 12.9. The Kier molecular flexibility index (Phi) is 6.95. The highest BCUT2D eigenvalue weighted by molar-refractivity contribution is 7.98. The Morgan fingerprint density at radius 2 is 2.07 bits per heavy atom. The number of carbonyl (C=O) groups excluding carboxylic acids is 1. The van der Waals surface area contributed by atoms with E-state index in [9.17, 15) is 4.79 Å². The van der Waals surface area contributed by atoms with Gasteiger partial charge in [-0.2, -0.15) is 4.98 Å². The second-order valence-electron chi connectivity index (χ2n) is 6.05. The third-order valence-corrected chi connectivity index (χ3v) is 5.17. The molecule has 0 bridgehead atoms. The molecule has 0 fully saturated rings. The van der Waals surface area contributed by atoms with Gasteiger partial charge in [0.1, 0.15) is 12.4 Å². The number of thioether (sulfide) groups is 1. The average Bonchev–Trinajstić information content (AvgIpc) is 3.11. The number of benzene rings is 2. The number of hydrogen-bond acceptors (Lipinski definition) is 6. The van der Waals surface area contributed by atoms with E-state index in [1.807, 2.05) is 36.4 Å². The lowest BCUT2D eigenvalue weighted by Gasteiger charge is -2.19. The molecule has 0 unspecified atom stereocenters. The lowest BCUT2D eigenvalue weighted by atomic mass is 10.2. The summed E-state index contributed by atoms with van der Waals surface area (Å²) < 4.78 is 10.8. The van der Waals surface area contributed by atoms with E-state index < -0.39 is 0 Å². The van der Waals surface area contributed by atoms with Crippen molar-refractivity contribution in [3.05, 3.63) is 70.8 Å². The Balaban J connectivity index is 1.58. The number of nitrogens with zero attached hydrogens (tertiary/aromatic N) is 3. The van der Waals surface area contributed by atoms with E-state index in [2.05, 4.69) is 10.1 Å². The molecule has 3 aromatic rings. The Hall–Kier alpha value is -2.51. The molecule has 3 rings (SSSR count). The van der Waals surface area contributed by atoms with Gasteiger partial charge in [0, 0.05) is 17.0 Å². The zero-order valence-electron chi connectivity index (χ0n) is 15.6. The molecule has 0 aliphatic carbocycles. The predicted octanol–water partition coefficient (Wildman–Crippen LogP) is 4.47. The number of ether oxygens (including phenoxy) is 1. The van der Waals surface area contributed by atoms with Crippen molar-refractivity contribution in [3.63, 3.8) is 0 Å². The SMILES string of the molecule is Cc1noc(CSc2ccccc2C(=O)N(C)CCOc2cccc(Cl)c2)n1. The van der Waals surface area contributed by atoms with E-state index in [0.717, 1.165) is 4.90 Å². The van der Waals surface area contributed by atoms with Crippen molar-refractivity contribution in [3.8, 4) is 5.75 Å². The number of likely N-dealkylation sites (N-methyl/N-ethyl adjacent to an activating group) is 1. The van der Waals surface area contributed by atoms with Crippen LogP contribution in [-0.4, -0.2) is 41.1 Å². The topological polar surface area (TPSA) is 68.5 Å². The predicted molar refractivity (Wildman–Crippen MR) is 109 cm³/mol. The summed E-state index contributed by atoms with van der Waals surface area (Å²) >= 11 is 7.44. The number of hydrogen-bond donors (Lipinski definition) is 0. The summed E-state index contributed by atoms with van der Waals surface area (Å²) in [6.45, 7) is 2.60. The number of carbonyl (C=O) groups is 1. The van der Waals surface area contributed by atoms with Crippen molar-refractivity contribution < 1.29 is 14.1 Å². The fraction of sp³-hybridized carbons (Fsp3) is 0.250. The summed E-state index contributed by atoms with van der Waals surface area (Å²) in [5.41, 5.74) is 0.633. The van der Waals surface area contributed by atoms with Crippen molar-refractivity contribution in [2.75, 3.05) is 20.2 Å². The molecule has 1 heterocycles. The standard InChI is InChI=1S/C20H20ClN3O3S/c1-14-22-19(27-23-14)13-28-18-9-4-3-8-17(18)20(25)24(2)10-11-26-16-7-5-6-15(21)12-16/h3-9,12H,10-11,13H2,1-2H3. The number of halogens is 1. The van der Waals surface area contributed by atoms with Gasteiger partial charge in [0.05, 0.1) is 17.9 Å². The van der Waals surface area contributed by atoms with E-state index in [4.69, 9.17) is 20.9 Å². The molecule has 0 saturated carbocycles. The minimum absolute atomic E-state index is 0.0699. The lowest BCUT2D eigenvalue weighted by molar-refractivity contribution is 0.0770. The van der Waals surface area contributed by atoms with Crippen molar-refractivity contribution in [2.24, 2.45) is 0 Å². The first-order chi connectivity index (χ1) is 13.5. The van der Waals surface area contributed by atoms with Gasteiger partial charge < -0.3 is 14.2 Å². The smallest absolute Gasteiger partial charge is 0.254 e. The minimum atomic E-state index is -0.0699. The average molecular weight is 418 g/mol. The van der Waals surface area contributed by atoms with Crippen LogP contribution in [0.4, 0.5) is 0 Å². The molecule has 0 aliphatic rings. The normalized spacial score (nSPS) is 10.7. The van der Waals surface area contributed by atoms with Crippen molar-refractivity contribution >= 4 is 29.3 Å². The van der Waals surface area contributed by atoms with Gasteiger partial charge in [0.25, 0.3) is 5.91 Å². The number of aromatic nitrogens is 2. The molecule has 6 nitrogen and oxygen atoms in total. The van der Waals surface area contributed by atoms with Gasteiger partial charge in [-0.25, -0.2) is 0 Å². The first-order valence-corrected chi connectivity index (χ1v) is 10.0. The van der Waals surface area contributed by atoms with Crippen molar-refractivity contribution in [1.29, 1.82) is 0 Å². The fourth-order valence-electron chi connectivity index (χ4n) is 2.47. The van der Waals surface area contributed by atoms with Gasteiger partial charge >= 0.3 is 0 Å². The molecule has 8 heteroatoms. The molecule has 146 valence electrons. The van der Waals surface area contributed by atoms with Crippen LogP contribution in [0.25, 0.3) is 0 Å². The molecule has 1 aromatic heterocycles. The fourth-order valence-corrected chi connectivity index (χ4v) is 3.53. The van der Waals surface area contributed by atoms with Gasteiger partial charge in [-0.3, -0.25) is 4.79 Å². The van der Waals surface area contributed by atoms with E-state index in [-0.39, 0.29) is 5.91 Å². The monoisotopic (exact) mass is 417 g/mol. The van der Waals surface area contributed by atoms with Gasteiger partial charge in [0.15, 0.2) is 5.82 Å². The van der Waals surface area contributed by atoms with Gasteiger partial charge in [-0.15, -0.1) is 11.8 Å². The van der Waals surface area contributed by atoms with Crippen LogP contribution in [0, 0.1) is 6.92 Å². The number of aryl methyl sites for hydroxylation is 1. The molecule has 28 heavy (non-hydrogen) atoms. The van der Waals surface area contributed by atoms with Crippen LogP contribution in [0.2, 0.25) is 5.02 Å². The third-order valence-electron chi connectivity index (χ3n) is 3.88. The summed E-state index contributed by atoms with van der Waals surface area (Å²) in [6, 6.07) is 14.7. The molecule has 0 N–H and O–H groups in total. The molecule has 0 spiro atoms. The Bertz CT molecular complexity index is 948. The van der Waals surface area contributed by atoms with Crippen LogP contribution in [-0.2, 0) is 5.75 Å². The molecule has 0 atom stereocenters. The quantitative estimate of drug-likeness (QED) is 0.503. The Labute approximate surface area is 172 Å². The van der Waals surface area contributed by atoms with Crippen LogP contribution >= 0.6 is 23.4 Å². The van der Waals surface area contributed by atoms with Gasteiger partial charge in [-0.05, 0) is 37.3 Å². The molecule has 0 saturated heterocycles. The zero-order chi connectivity index (χ0) is 19.9. The van der Waals surface area contributed by atoms with Crippen LogP contribution in [0.1, 0.15) is 22.1 Å². The largest absolute Gasteiger partial charge is 0.492 e. The van der Waals surface area contributed by atoms with E-state index >= 15 is 0 Å². The van der Waals surface area contributed by atoms with Gasteiger partial charge in [0.2, 0.25) is 5.89 Å². The number of amides is 1. The molecule has 0 aliphatic heterocycles. The highest BCUT2D eigenvalue weighted by atomic mass is 35.5. The molecular weight excluding hydrogens is 398 g/mol. The summed E-state index contributed by atoms with van der Waals surface area (Å²) in [7, 11) is 1.76. The summed E-state index contributed by atoms with van der Waals surface area (Å²) in [5.74, 6) is 2.25. The van der Waals surface area contributed by atoms with E-state index in [1.165, 1.54) is 11.8 Å². The van der Waals surface area contributed by atoms with Crippen molar-refractivity contribution in [1.82, 2.24) is 15.0 Å². The van der Waals surface area contributed by atoms with Crippen LogP contribution in [0.15, 0.2) is 57.9 Å². The summed E-state index contributed by atoms with van der Waals surface area (Å²) in [6.07, 6.45) is 0. The Morgan fingerprint density at radius 1 is 1.25 bits per heavy atom. The van der Waals surface area contributed by atoms with Crippen LogP contribution in [0.5, 0.6) is 5.75 Å². The molecule has 2 aromatic carbocycles. The summed E-state index contributed by atoms with van der Waals surface area (Å²) in [4.78, 5) is 19.6. The molecular formula is C20H20ClN3O3S. The van der Waals surface area contributed by atoms with Crippen molar-refractivity contribution in [2.45, 2.75) is 17.6 Å². The maximum Gasteiger partial charge on any atom is 0.254 e. The second kappa shape index (κ2) is 9.61. The van der Waals surface area contributed by atoms with Crippen LogP contribution in [0.3, 0.4) is 0 Å². The highest BCUT2D eigenvalue weighted by Crippen LogP contribution is 2.26. The lowest BCUT2D eigenvalue weighted by Crippen LogP contribution is -2.31. The second-order valence-corrected chi connectivity index (χ2v) is 7.51. The third kappa shape index (κ3) is 5.50. The van der Waals surface area contributed by atoms with Crippen LogP contribution < -0.4 is 4.74 Å². The Morgan fingerprint density at radius 3 is 2.82 bits per heavy atom.